The molecule has 1 aromatic carbocycles. The number of aliphatic carboxylic acids is 1. The molecule has 3 nitrogen and oxygen atoms in total. The Hall–Kier alpha value is -1.35. The highest BCUT2D eigenvalue weighted by Gasteiger charge is 2.11. The van der Waals surface area contributed by atoms with E-state index in [4.69, 9.17) is 0 Å². The molecule has 0 spiro atoms. The smallest absolute Gasteiger partial charge is 0.0862 e. The fourth-order valence-electron chi connectivity index (χ4n) is 1.11. The van der Waals surface area contributed by atoms with Gasteiger partial charge in [-0.3, -0.25) is 0 Å². The molecular weight excluding hydrogens is 154 g/mol. The van der Waals surface area contributed by atoms with E-state index in [1.165, 1.54) is 0 Å². The second-order valence-electron chi connectivity index (χ2n) is 2.57. The summed E-state index contributed by atoms with van der Waals surface area (Å²) in [6, 6.07) is 9.00. The Labute approximate surface area is 70.8 Å². The average Bonchev–Trinajstić information content (AvgIpc) is 2.07. The van der Waals surface area contributed by atoms with Crippen LogP contribution in [0.3, 0.4) is 0 Å². The van der Waals surface area contributed by atoms with E-state index < -0.39 is 11.9 Å². The minimum absolute atomic E-state index is 0.326. The Morgan fingerprint density at radius 1 is 1.42 bits per heavy atom. The maximum absolute atomic E-state index is 10.6. The number of carbonyl (C=O) groups is 1. The van der Waals surface area contributed by atoms with Crippen molar-refractivity contribution in [2.45, 2.75) is 5.92 Å². The predicted molar refractivity (Wildman–Crippen MR) is 41.9 cm³/mol. The van der Waals surface area contributed by atoms with Crippen LogP contribution in [0.1, 0.15) is 11.5 Å². The summed E-state index contributed by atoms with van der Waals surface area (Å²) >= 11 is 0. The summed E-state index contributed by atoms with van der Waals surface area (Å²) in [5, 5.41) is 10.6. The normalized spacial score (nSPS) is 12.4. The summed E-state index contributed by atoms with van der Waals surface area (Å²) in [7, 11) is 0. The number of quaternary nitrogens is 1. The van der Waals surface area contributed by atoms with Gasteiger partial charge >= 0.3 is 0 Å². The Balaban J connectivity index is 2.88. The molecule has 0 bridgehead atoms. The maximum atomic E-state index is 10.6. The minimum Gasteiger partial charge on any atom is -0.549 e. The van der Waals surface area contributed by atoms with Crippen molar-refractivity contribution in [3.8, 4) is 0 Å². The molecule has 1 atom stereocenters. The van der Waals surface area contributed by atoms with Gasteiger partial charge in [0.2, 0.25) is 0 Å². The van der Waals surface area contributed by atoms with Gasteiger partial charge in [-0.05, 0) is 5.56 Å². The van der Waals surface area contributed by atoms with Crippen LogP contribution in [0.2, 0.25) is 0 Å². The lowest BCUT2D eigenvalue weighted by Gasteiger charge is -2.13. The molecule has 0 aliphatic heterocycles. The summed E-state index contributed by atoms with van der Waals surface area (Å²) in [4.78, 5) is 10.6. The SMILES string of the molecule is [NH3+]C[C@@H](C(=O)[O-])c1ccccc1. The average molecular weight is 165 g/mol. The summed E-state index contributed by atoms with van der Waals surface area (Å²) in [6.07, 6.45) is 0. The zero-order valence-corrected chi connectivity index (χ0v) is 6.69. The Bertz CT molecular complexity index is 258. The van der Waals surface area contributed by atoms with Crippen LogP contribution in [-0.2, 0) is 4.79 Å². The lowest BCUT2D eigenvalue weighted by Crippen LogP contribution is -2.56. The summed E-state index contributed by atoms with van der Waals surface area (Å²) in [5.41, 5.74) is 4.32. The van der Waals surface area contributed by atoms with Gasteiger partial charge in [0.05, 0.1) is 18.4 Å². The minimum atomic E-state index is -1.06. The first-order chi connectivity index (χ1) is 5.75. The van der Waals surface area contributed by atoms with Crippen LogP contribution in [0.25, 0.3) is 0 Å². The van der Waals surface area contributed by atoms with E-state index in [0.29, 0.717) is 6.54 Å². The van der Waals surface area contributed by atoms with E-state index in [1.807, 2.05) is 6.07 Å². The van der Waals surface area contributed by atoms with E-state index in [9.17, 15) is 9.90 Å². The molecule has 0 saturated heterocycles. The van der Waals surface area contributed by atoms with Crippen molar-refractivity contribution in [2.75, 3.05) is 6.54 Å². The van der Waals surface area contributed by atoms with Crippen LogP contribution in [0.4, 0.5) is 0 Å². The number of carboxylic acids is 1. The Kier molecular flexibility index (Phi) is 2.82. The first-order valence-electron chi connectivity index (χ1n) is 3.80. The topological polar surface area (TPSA) is 67.8 Å². The van der Waals surface area contributed by atoms with Crippen molar-refractivity contribution in [3.05, 3.63) is 35.9 Å². The first-order valence-corrected chi connectivity index (χ1v) is 3.80. The number of hydrogen-bond acceptors (Lipinski definition) is 2. The standard InChI is InChI=1S/C9H11NO2/c10-6-8(9(11)12)7-4-2-1-3-5-7/h1-5,8H,6,10H2,(H,11,12)/t8-/m1/s1. The zero-order valence-electron chi connectivity index (χ0n) is 6.69. The number of hydrogen-bond donors (Lipinski definition) is 1. The van der Waals surface area contributed by atoms with Crippen LogP contribution < -0.4 is 10.8 Å². The zero-order chi connectivity index (χ0) is 8.97. The Morgan fingerprint density at radius 2 is 2.00 bits per heavy atom. The molecule has 3 N–H and O–H groups in total. The molecule has 0 heterocycles. The molecule has 1 aromatic rings. The Morgan fingerprint density at radius 3 is 2.42 bits per heavy atom. The fraction of sp³-hybridized carbons (Fsp3) is 0.222. The number of carbonyl (C=O) groups excluding carboxylic acids is 1. The predicted octanol–water partition coefficient (Wildman–Crippen LogP) is -1.24. The van der Waals surface area contributed by atoms with Crippen molar-refractivity contribution >= 4 is 5.97 Å². The van der Waals surface area contributed by atoms with E-state index in [1.54, 1.807) is 24.3 Å². The van der Waals surface area contributed by atoms with Gasteiger partial charge in [-0.2, -0.15) is 0 Å². The molecule has 0 fully saturated rings. The molecule has 0 aliphatic carbocycles. The monoisotopic (exact) mass is 165 g/mol. The highest BCUT2D eigenvalue weighted by atomic mass is 16.4. The van der Waals surface area contributed by atoms with E-state index in [-0.39, 0.29) is 0 Å². The van der Waals surface area contributed by atoms with E-state index in [2.05, 4.69) is 5.73 Å². The maximum Gasteiger partial charge on any atom is 0.0862 e. The molecule has 0 unspecified atom stereocenters. The molecule has 3 heteroatoms. The molecule has 64 valence electrons. The van der Waals surface area contributed by atoms with E-state index >= 15 is 0 Å². The van der Waals surface area contributed by atoms with Crippen molar-refractivity contribution in [3.63, 3.8) is 0 Å². The van der Waals surface area contributed by atoms with Crippen molar-refractivity contribution in [1.29, 1.82) is 0 Å². The van der Waals surface area contributed by atoms with Crippen LogP contribution in [0.15, 0.2) is 30.3 Å². The lowest BCUT2D eigenvalue weighted by molar-refractivity contribution is -0.379. The molecule has 0 saturated carbocycles. The molecule has 0 aromatic heterocycles. The third-order valence-corrected chi connectivity index (χ3v) is 1.78. The van der Waals surface area contributed by atoms with Crippen LogP contribution >= 0.6 is 0 Å². The van der Waals surface area contributed by atoms with Crippen LogP contribution in [-0.4, -0.2) is 12.5 Å². The van der Waals surface area contributed by atoms with Gasteiger partial charge in [-0.15, -0.1) is 0 Å². The largest absolute Gasteiger partial charge is 0.549 e. The van der Waals surface area contributed by atoms with Gasteiger partial charge in [0.25, 0.3) is 0 Å². The van der Waals surface area contributed by atoms with Crippen molar-refractivity contribution in [1.82, 2.24) is 0 Å². The van der Waals surface area contributed by atoms with Gasteiger partial charge in [0.1, 0.15) is 0 Å². The number of rotatable bonds is 3. The van der Waals surface area contributed by atoms with Crippen molar-refractivity contribution < 1.29 is 15.6 Å². The molecular formula is C9H11NO2. The number of benzene rings is 1. The summed E-state index contributed by atoms with van der Waals surface area (Å²) in [5.74, 6) is -1.64. The lowest BCUT2D eigenvalue weighted by atomic mass is 10.00. The molecule has 0 aliphatic rings. The second kappa shape index (κ2) is 3.88. The van der Waals surface area contributed by atoms with Gasteiger partial charge in [-0.1, -0.05) is 30.3 Å². The van der Waals surface area contributed by atoms with Gasteiger partial charge in [0, 0.05) is 0 Å². The van der Waals surface area contributed by atoms with Crippen molar-refractivity contribution in [2.24, 2.45) is 0 Å². The van der Waals surface area contributed by atoms with Crippen LogP contribution in [0.5, 0.6) is 0 Å². The highest BCUT2D eigenvalue weighted by molar-refractivity contribution is 5.74. The first kappa shape index (κ1) is 8.74. The summed E-state index contributed by atoms with van der Waals surface area (Å²) < 4.78 is 0. The molecule has 1 rings (SSSR count). The van der Waals surface area contributed by atoms with Crippen LogP contribution in [0, 0.1) is 0 Å². The quantitative estimate of drug-likeness (QED) is 0.608. The highest BCUT2D eigenvalue weighted by Crippen LogP contribution is 2.11. The fourth-order valence-corrected chi connectivity index (χ4v) is 1.11. The second-order valence-corrected chi connectivity index (χ2v) is 2.57. The third kappa shape index (κ3) is 1.83. The third-order valence-electron chi connectivity index (χ3n) is 1.78. The molecule has 0 radical (unpaired) electrons. The molecule has 0 amide bonds. The van der Waals surface area contributed by atoms with E-state index in [0.717, 1.165) is 5.56 Å². The van der Waals surface area contributed by atoms with Gasteiger partial charge in [0.15, 0.2) is 0 Å². The summed E-state index contributed by atoms with van der Waals surface area (Å²) in [6.45, 7) is 0.326. The number of carboxylic acid groups (broad SMARTS) is 1. The van der Waals surface area contributed by atoms with Gasteiger partial charge in [-0.25, -0.2) is 0 Å². The molecule has 12 heavy (non-hydrogen) atoms. The van der Waals surface area contributed by atoms with Gasteiger partial charge < -0.3 is 15.6 Å².